The Labute approximate surface area is 133 Å². The molecule has 0 aliphatic rings. The summed E-state index contributed by atoms with van der Waals surface area (Å²) in [6.45, 7) is 4.28. The summed E-state index contributed by atoms with van der Waals surface area (Å²) >= 11 is 7.28. The molecule has 0 heterocycles. The van der Waals surface area contributed by atoms with Crippen molar-refractivity contribution in [2.75, 3.05) is 6.54 Å². The second-order valence-corrected chi connectivity index (χ2v) is 6.71. The summed E-state index contributed by atoms with van der Waals surface area (Å²) in [6.07, 6.45) is 0. The zero-order valence-corrected chi connectivity index (χ0v) is 13.5. The normalized spacial score (nSPS) is 11.5. The minimum Gasteiger partial charge on any atom is -0.485 e. The number of hydrogen-bond acceptors (Lipinski definition) is 3. The Morgan fingerprint density at radius 1 is 1.24 bits per heavy atom. The summed E-state index contributed by atoms with van der Waals surface area (Å²) in [5.41, 5.74) is 5.26. The molecule has 2 aromatic rings. The van der Waals surface area contributed by atoms with Crippen molar-refractivity contribution >= 4 is 23.4 Å². The summed E-state index contributed by atoms with van der Waals surface area (Å²) < 4.78 is 19.2. The first-order valence-corrected chi connectivity index (χ1v) is 7.72. The number of ether oxygens (including phenoxy) is 1. The lowest BCUT2D eigenvalue weighted by atomic mass is 10.1. The van der Waals surface area contributed by atoms with E-state index < -0.39 is 11.4 Å². The van der Waals surface area contributed by atoms with Crippen LogP contribution in [-0.4, -0.2) is 12.1 Å². The van der Waals surface area contributed by atoms with Crippen molar-refractivity contribution in [3.05, 3.63) is 53.3 Å². The van der Waals surface area contributed by atoms with Gasteiger partial charge in [0.15, 0.2) is 0 Å². The van der Waals surface area contributed by atoms with Crippen LogP contribution in [0, 0.1) is 5.82 Å². The van der Waals surface area contributed by atoms with Gasteiger partial charge in [-0.15, -0.1) is 0 Å². The van der Waals surface area contributed by atoms with Gasteiger partial charge in [0.05, 0.1) is 9.92 Å². The lowest BCUT2D eigenvalue weighted by molar-refractivity contribution is 0.115. The number of para-hydroxylation sites is 1. The van der Waals surface area contributed by atoms with E-state index in [0.29, 0.717) is 6.54 Å². The van der Waals surface area contributed by atoms with Crippen LogP contribution in [0.25, 0.3) is 0 Å². The Bertz CT molecular complexity index is 633. The Morgan fingerprint density at radius 3 is 2.62 bits per heavy atom. The van der Waals surface area contributed by atoms with E-state index in [1.165, 1.54) is 17.8 Å². The number of nitrogens with two attached hydrogens (primary N) is 1. The maximum atomic E-state index is 13.2. The Kier molecular flexibility index (Phi) is 5.14. The van der Waals surface area contributed by atoms with Crippen molar-refractivity contribution in [3.8, 4) is 5.75 Å². The quantitative estimate of drug-likeness (QED) is 0.861. The topological polar surface area (TPSA) is 35.2 Å². The van der Waals surface area contributed by atoms with Gasteiger partial charge in [-0.05, 0) is 44.2 Å². The molecule has 0 unspecified atom stereocenters. The van der Waals surface area contributed by atoms with Crippen molar-refractivity contribution < 1.29 is 9.13 Å². The fraction of sp³-hybridized carbons (Fsp3) is 0.250. The van der Waals surface area contributed by atoms with Crippen molar-refractivity contribution in [1.82, 2.24) is 0 Å². The second-order valence-electron chi connectivity index (χ2n) is 5.19. The van der Waals surface area contributed by atoms with E-state index in [1.54, 1.807) is 12.1 Å². The third-order valence-electron chi connectivity index (χ3n) is 2.85. The van der Waals surface area contributed by atoms with E-state index in [9.17, 15) is 4.39 Å². The molecule has 0 atom stereocenters. The zero-order chi connectivity index (χ0) is 15.5. The van der Waals surface area contributed by atoms with Gasteiger partial charge in [0, 0.05) is 11.4 Å². The molecule has 0 aromatic heterocycles. The third kappa shape index (κ3) is 4.37. The maximum absolute atomic E-state index is 13.2. The molecule has 112 valence electrons. The van der Waals surface area contributed by atoms with Gasteiger partial charge in [-0.25, -0.2) is 4.39 Å². The molecule has 2 N–H and O–H groups in total. The zero-order valence-electron chi connectivity index (χ0n) is 11.9. The van der Waals surface area contributed by atoms with Crippen LogP contribution in [0.5, 0.6) is 5.75 Å². The molecule has 0 spiro atoms. The number of hydrogen-bond donors (Lipinski definition) is 1. The maximum Gasteiger partial charge on any atom is 0.141 e. The van der Waals surface area contributed by atoms with Gasteiger partial charge >= 0.3 is 0 Å². The minimum absolute atomic E-state index is 0.112. The van der Waals surface area contributed by atoms with E-state index in [2.05, 4.69) is 0 Å². The monoisotopic (exact) mass is 325 g/mol. The van der Waals surface area contributed by atoms with E-state index in [0.717, 1.165) is 15.5 Å². The molecule has 0 fully saturated rings. The Hall–Kier alpha value is -1.23. The van der Waals surface area contributed by atoms with Crippen LogP contribution < -0.4 is 10.5 Å². The molecule has 0 amide bonds. The summed E-state index contributed by atoms with van der Waals surface area (Å²) in [4.78, 5) is 1.78. The van der Waals surface area contributed by atoms with Crippen molar-refractivity contribution in [1.29, 1.82) is 0 Å². The molecule has 2 rings (SSSR count). The van der Waals surface area contributed by atoms with Gasteiger partial charge in [0.1, 0.15) is 17.2 Å². The molecule has 21 heavy (non-hydrogen) atoms. The van der Waals surface area contributed by atoms with Gasteiger partial charge in [-0.1, -0.05) is 35.5 Å². The van der Waals surface area contributed by atoms with Crippen LogP contribution in [0.3, 0.4) is 0 Å². The van der Waals surface area contributed by atoms with Gasteiger partial charge in [-0.3, -0.25) is 0 Å². The highest BCUT2D eigenvalue weighted by Gasteiger charge is 2.19. The second kappa shape index (κ2) is 6.69. The summed E-state index contributed by atoms with van der Waals surface area (Å²) in [5.74, 6) is 0.327. The van der Waals surface area contributed by atoms with Crippen LogP contribution in [0.15, 0.2) is 52.3 Å². The average Bonchev–Trinajstić information content (AvgIpc) is 2.45. The van der Waals surface area contributed by atoms with Gasteiger partial charge in [0.25, 0.3) is 0 Å². The van der Waals surface area contributed by atoms with Crippen LogP contribution in [0.4, 0.5) is 4.39 Å². The highest BCUT2D eigenvalue weighted by atomic mass is 35.5. The van der Waals surface area contributed by atoms with Crippen molar-refractivity contribution in [2.24, 2.45) is 5.73 Å². The number of rotatable bonds is 5. The fourth-order valence-electron chi connectivity index (χ4n) is 1.63. The average molecular weight is 326 g/mol. The van der Waals surface area contributed by atoms with E-state index in [4.69, 9.17) is 22.1 Å². The summed E-state index contributed by atoms with van der Waals surface area (Å²) in [6, 6.07) is 12.3. The smallest absolute Gasteiger partial charge is 0.141 e. The fourth-order valence-corrected chi connectivity index (χ4v) is 2.79. The van der Waals surface area contributed by atoms with Gasteiger partial charge < -0.3 is 10.5 Å². The predicted molar refractivity (Wildman–Crippen MR) is 85.7 cm³/mol. The van der Waals surface area contributed by atoms with Crippen LogP contribution >= 0.6 is 23.4 Å². The molecule has 0 radical (unpaired) electrons. The standard InChI is InChI=1S/C16H17ClFNOS/c1-16(2,10-19)20-14-5-3-4-6-15(14)21-11-7-8-13(18)12(17)9-11/h3-9H,10,19H2,1-2H3. The number of benzene rings is 2. The summed E-state index contributed by atoms with van der Waals surface area (Å²) in [5, 5.41) is 0.112. The molecular formula is C16H17ClFNOS. The van der Waals surface area contributed by atoms with Crippen LogP contribution in [0.1, 0.15) is 13.8 Å². The molecule has 0 saturated carbocycles. The third-order valence-corrected chi connectivity index (χ3v) is 4.18. The predicted octanol–water partition coefficient (Wildman–Crippen LogP) is 4.75. The van der Waals surface area contributed by atoms with Gasteiger partial charge in [-0.2, -0.15) is 0 Å². The SMILES string of the molecule is CC(C)(CN)Oc1ccccc1Sc1ccc(F)c(Cl)c1. The largest absolute Gasteiger partial charge is 0.485 e. The number of halogens is 2. The van der Waals surface area contributed by atoms with E-state index in [1.807, 2.05) is 38.1 Å². The molecular weight excluding hydrogens is 309 g/mol. The summed E-state index contributed by atoms with van der Waals surface area (Å²) in [7, 11) is 0. The first-order chi connectivity index (χ1) is 9.91. The molecule has 0 aliphatic heterocycles. The van der Waals surface area contributed by atoms with Crippen LogP contribution in [0.2, 0.25) is 5.02 Å². The molecule has 5 heteroatoms. The Balaban J connectivity index is 2.25. The highest BCUT2D eigenvalue weighted by molar-refractivity contribution is 7.99. The lowest BCUT2D eigenvalue weighted by Crippen LogP contribution is -2.37. The highest BCUT2D eigenvalue weighted by Crippen LogP contribution is 2.37. The first-order valence-electron chi connectivity index (χ1n) is 6.52. The van der Waals surface area contributed by atoms with E-state index in [-0.39, 0.29) is 5.02 Å². The Morgan fingerprint density at radius 2 is 1.95 bits per heavy atom. The van der Waals surface area contributed by atoms with Crippen molar-refractivity contribution in [2.45, 2.75) is 29.2 Å². The molecule has 0 saturated heterocycles. The van der Waals surface area contributed by atoms with E-state index >= 15 is 0 Å². The van der Waals surface area contributed by atoms with Crippen molar-refractivity contribution in [3.63, 3.8) is 0 Å². The lowest BCUT2D eigenvalue weighted by Gasteiger charge is -2.26. The van der Waals surface area contributed by atoms with Crippen LogP contribution in [-0.2, 0) is 0 Å². The van der Waals surface area contributed by atoms with Gasteiger partial charge in [0.2, 0.25) is 0 Å². The molecule has 2 aromatic carbocycles. The molecule has 0 bridgehead atoms. The molecule has 0 aliphatic carbocycles. The first kappa shape index (κ1) is 16.1. The minimum atomic E-state index is -0.447. The molecule has 2 nitrogen and oxygen atoms in total.